The van der Waals surface area contributed by atoms with E-state index in [-0.39, 0.29) is 18.8 Å². The highest BCUT2D eigenvalue weighted by atomic mass is 35.5. The van der Waals surface area contributed by atoms with E-state index in [0.717, 1.165) is 11.3 Å². The van der Waals surface area contributed by atoms with Gasteiger partial charge in [-0.2, -0.15) is 0 Å². The van der Waals surface area contributed by atoms with Gasteiger partial charge in [0.25, 0.3) is 0 Å². The molecular weight excluding hydrogens is 246 g/mol. The van der Waals surface area contributed by atoms with Crippen LogP contribution >= 0.6 is 23.7 Å². The number of nitrogens with one attached hydrogen (secondary N) is 1. The number of fused-ring (bicyclic) bond motifs is 4. The monoisotopic (exact) mass is 259 g/mol. The van der Waals surface area contributed by atoms with Gasteiger partial charge in [0.05, 0.1) is 6.42 Å². The Hall–Kier alpha value is -0.580. The van der Waals surface area contributed by atoms with E-state index in [4.69, 9.17) is 5.11 Å². The summed E-state index contributed by atoms with van der Waals surface area (Å²) in [6.07, 6.45) is 3.74. The van der Waals surface area contributed by atoms with Crippen LogP contribution in [-0.4, -0.2) is 17.1 Å². The molecule has 2 atom stereocenters. The van der Waals surface area contributed by atoms with Crippen molar-refractivity contribution >= 4 is 29.7 Å². The van der Waals surface area contributed by atoms with Gasteiger partial charge in [-0.25, -0.2) is 0 Å². The number of thiophene rings is 1. The second-order valence-electron chi connectivity index (χ2n) is 4.36. The maximum Gasteiger partial charge on any atom is 0.308 e. The average molecular weight is 260 g/mol. The fourth-order valence-corrected chi connectivity index (χ4v) is 3.94. The van der Waals surface area contributed by atoms with E-state index in [1.165, 1.54) is 23.3 Å². The molecule has 0 aliphatic carbocycles. The van der Waals surface area contributed by atoms with Gasteiger partial charge in [0.1, 0.15) is 0 Å². The van der Waals surface area contributed by atoms with E-state index in [2.05, 4.69) is 11.4 Å². The van der Waals surface area contributed by atoms with Gasteiger partial charge in [-0.15, -0.1) is 23.7 Å². The Morgan fingerprint density at radius 1 is 1.56 bits per heavy atom. The lowest BCUT2D eigenvalue weighted by Gasteiger charge is -2.20. The molecule has 1 aromatic heterocycles. The van der Waals surface area contributed by atoms with Gasteiger partial charge in [0.15, 0.2) is 0 Å². The summed E-state index contributed by atoms with van der Waals surface area (Å²) in [6, 6.07) is 3.23. The van der Waals surface area contributed by atoms with Crippen LogP contribution in [0.1, 0.15) is 34.2 Å². The molecule has 3 heterocycles. The lowest BCUT2D eigenvalue weighted by atomic mass is 10.0. The molecule has 88 valence electrons. The van der Waals surface area contributed by atoms with E-state index in [0.29, 0.717) is 12.1 Å². The van der Waals surface area contributed by atoms with Crippen molar-refractivity contribution in [3.05, 3.63) is 21.4 Å². The molecule has 16 heavy (non-hydrogen) atoms. The predicted molar refractivity (Wildman–Crippen MR) is 65.5 cm³/mol. The minimum atomic E-state index is -0.730. The first-order valence-corrected chi connectivity index (χ1v) is 6.13. The van der Waals surface area contributed by atoms with Gasteiger partial charge in [0, 0.05) is 21.8 Å². The van der Waals surface area contributed by atoms with E-state index in [1.807, 2.05) is 0 Å². The van der Waals surface area contributed by atoms with Crippen molar-refractivity contribution in [3.8, 4) is 0 Å². The van der Waals surface area contributed by atoms with Crippen molar-refractivity contribution in [1.82, 2.24) is 5.32 Å². The number of hydrogen-bond donors (Lipinski definition) is 2. The molecule has 2 aliphatic heterocycles. The summed E-state index contributed by atoms with van der Waals surface area (Å²) in [5, 5.41) is 12.3. The highest BCUT2D eigenvalue weighted by Crippen LogP contribution is 2.40. The van der Waals surface area contributed by atoms with Gasteiger partial charge in [-0.3, -0.25) is 4.79 Å². The molecular formula is C11H14ClNO2S. The van der Waals surface area contributed by atoms with Crippen LogP contribution in [0.15, 0.2) is 6.07 Å². The number of rotatable bonds is 2. The quantitative estimate of drug-likeness (QED) is 0.856. The first-order chi connectivity index (χ1) is 7.22. The Balaban J connectivity index is 0.000000963. The fraction of sp³-hybridized carbons (Fsp3) is 0.545. The molecule has 1 fully saturated rings. The first kappa shape index (κ1) is 11.9. The van der Waals surface area contributed by atoms with Crippen molar-refractivity contribution in [3.63, 3.8) is 0 Å². The van der Waals surface area contributed by atoms with Gasteiger partial charge < -0.3 is 10.4 Å². The molecule has 1 saturated heterocycles. The Bertz CT molecular complexity index is 418. The minimum Gasteiger partial charge on any atom is -0.481 e. The van der Waals surface area contributed by atoms with Crippen LogP contribution in [0.4, 0.5) is 0 Å². The SMILES string of the molecule is Cl.O=C(O)Cc1cc2c(s1)CC1CCC2N1. The molecule has 2 unspecified atom stereocenters. The second kappa shape index (κ2) is 4.35. The molecule has 2 N–H and O–H groups in total. The van der Waals surface area contributed by atoms with Crippen LogP contribution in [0.3, 0.4) is 0 Å². The smallest absolute Gasteiger partial charge is 0.308 e. The van der Waals surface area contributed by atoms with Crippen LogP contribution in [0.25, 0.3) is 0 Å². The van der Waals surface area contributed by atoms with Crippen molar-refractivity contribution in [2.45, 2.75) is 37.8 Å². The van der Waals surface area contributed by atoms with Crippen LogP contribution in [0, 0.1) is 0 Å². The van der Waals surface area contributed by atoms with E-state index >= 15 is 0 Å². The molecule has 0 aromatic carbocycles. The van der Waals surface area contributed by atoms with E-state index in [1.54, 1.807) is 11.3 Å². The van der Waals surface area contributed by atoms with Gasteiger partial charge in [-0.1, -0.05) is 0 Å². The zero-order chi connectivity index (χ0) is 10.4. The third-order valence-electron chi connectivity index (χ3n) is 3.27. The second-order valence-corrected chi connectivity index (χ2v) is 5.58. The number of halogens is 1. The molecule has 0 amide bonds. The molecule has 5 heteroatoms. The molecule has 3 rings (SSSR count). The molecule has 0 saturated carbocycles. The maximum atomic E-state index is 10.6. The van der Waals surface area contributed by atoms with Crippen LogP contribution in [-0.2, 0) is 17.6 Å². The topological polar surface area (TPSA) is 49.3 Å². The summed E-state index contributed by atoms with van der Waals surface area (Å²) in [6.45, 7) is 0. The van der Waals surface area contributed by atoms with Crippen LogP contribution in [0.5, 0.6) is 0 Å². The summed E-state index contributed by atoms with van der Waals surface area (Å²) in [7, 11) is 0. The number of aliphatic carboxylic acids is 1. The van der Waals surface area contributed by atoms with E-state index < -0.39 is 5.97 Å². The third kappa shape index (κ3) is 1.97. The van der Waals surface area contributed by atoms with E-state index in [9.17, 15) is 4.79 Å². The average Bonchev–Trinajstić information content (AvgIpc) is 2.71. The number of hydrogen-bond acceptors (Lipinski definition) is 3. The highest BCUT2D eigenvalue weighted by Gasteiger charge is 2.33. The molecule has 0 radical (unpaired) electrons. The van der Waals surface area contributed by atoms with Crippen LogP contribution < -0.4 is 5.32 Å². The Kier molecular flexibility index (Phi) is 3.24. The summed E-state index contributed by atoms with van der Waals surface area (Å²) >= 11 is 1.69. The van der Waals surface area contributed by atoms with Crippen molar-refractivity contribution in [2.75, 3.05) is 0 Å². The highest BCUT2D eigenvalue weighted by molar-refractivity contribution is 7.12. The van der Waals surface area contributed by atoms with Gasteiger partial charge >= 0.3 is 5.97 Å². The van der Waals surface area contributed by atoms with Gasteiger partial charge in [0.2, 0.25) is 0 Å². The maximum absolute atomic E-state index is 10.6. The first-order valence-electron chi connectivity index (χ1n) is 5.31. The standard InChI is InChI=1S/C11H13NO2S.ClH/c13-11(14)5-7-4-8-9-2-1-6(12-9)3-10(8)15-7;/h4,6,9,12H,1-3,5H2,(H,13,14);1H. The lowest BCUT2D eigenvalue weighted by molar-refractivity contribution is -0.136. The third-order valence-corrected chi connectivity index (χ3v) is 4.44. The molecule has 2 aliphatic rings. The Morgan fingerprint density at radius 3 is 3.12 bits per heavy atom. The normalized spacial score (nSPS) is 26.0. The predicted octanol–water partition coefficient (Wildman–Crippen LogP) is 2.15. The largest absolute Gasteiger partial charge is 0.481 e. The molecule has 3 nitrogen and oxygen atoms in total. The summed E-state index contributed by atoms with van der Waals surface area (Å²) in [5.41, 5.74) is 1.37. The van der Waals surface area contributed by atoms with Crippen molar-refractivity contribution < 1.29 is 9.90 Å². The zero-order valence-electron chi connectivity index (χ0n) is 8.73. The Morgan fingerprint density at radius 2 is 2.38 bits per heavy atom. The van der Waals surface area contributed by atoms with Crippen molar-refractivity contribution in [1.29, 1.82) is 0 Å². The van der Waals surface area contributed by atoms with Crippen molar-refractivity contribution in [2.24, 2.45) is 0 Å². The minimum absolute atomic E-state index is 0. The van der Waals surface area contributed by atoms with Crippen LogP contribution in [0.2, 0.25) is 0 Å². The molecule has 1 aromatic rings. The summed E-state index contributed by atoms with van der Waals surface area (Å²) in [4.78, 5) is 13.0. The number of carbonyl (C=O) groups is 1. The zero-order valence-corrected chi connectivity index (χ0v) is 10.4. The molecule has 0 spiro atoms. The summed E-state index contributed by atoms with van der Waals surface area (Å²) in [5.74, 6) is -0.730. The van der Waals surface area contributed by atoms with Gasteiger partial charge in [-0.05, 0) is 30.9 Å². The fourth-order valence-electron chi connectivity index (χ4n) is 2.64. The number of carboxylic acids is 1. The number of carboxylic acid groups (broad SMARTS) is 1. The molecule has 2 bridgehead atoms. The summed E-state index contributed by atoms with van der Waals surface area (Å²) < 4.78 is 0. The lowest BCUT2D eigenvalue weighted by Crippen LogP contribution is -2.30. The Labute approximate surface area is 104 Å².